The van der Waals surface area contributed by atoms with E-state index >= 15 is 0 Å². The van der Waals surface area contributed by atoms with Crippen LogP contribution < -0.4 is 16.0 Å². The minimum atomic E-state index is -0.928. The topological polar surface area (TPSA) is 90.5 Å². The fourth-order valence-electron chi connectivity index (χ4n) is 3.27. The first-order valence-corrected chi connectivity index (χ1v) is 7.83. The zero-order valence-corrected chi connectivity index (χ0v) is 13.3. The summed E-state index contributed by atoms with van der Waals surface area (Å²) in [6.07, 6.45) is 1.20. The molecule has 0 saturated carbocycles. The van der Waals surface area contributed by atoms with Crippen LogP contribution in [0.15, 0.2) is 24.3 Å². The SMILES string of the molecule is C[C@@]1(C2CCN(C(=O)Nc3cccc(F)c3)CC2)NC(=O)NC1=O. The Morgan fingerprint density at radius 3 is 2.62 bits per heavy atom. The summed E-state index contributed by atoms with van der Waals surface area (Å²) >= 11 is 0. The molecule has 2 saturated heterocycles. The van der Waals surface area contributed by atoms with E-state index in [1.54, 1.807) is 17.9 Å². The highest BCUT2D eigenvalue weighted by atomic mass is 19.1. The lowest BCUT2D eigenvalue weighted by molar-refractivity contribution is -0.125. The highest BCUT2D eigenvalue weighted by molar-refractivity contribution is 6.07. The average molecular weight is 334 g/mol. The zero-order valence-electron chi connectivity index (χ0n) is 13.3. The standard InChI is InChI=1S/C16H19FN4O3/c1-16(13(22)19-14(23)20-16)10-5-7-21(8-6-10)15(24)18-12-4-2-3-11(17)9-12/h2-4,9-10H,5-8H2,1H3,(H,18,24)(H2,19,20,22,23)/t16-/m0/s1. The molecular formula is C16H19FN4O3. The van der Waals surface area contributed by atoms with Crippen LogP contribution >= 0.6 is 0 Å². The van der Waals surface area contributed by atoms with Gasteiger partial charge >= 0.3 is 12.1 Å². The number of carbonyl (C=O) groups excluding carboxylic acids is 3. The van der Waals surface area contributed by atoms with Gasteiger partial charge in [0.1, 0.15) is 11.4 Å². The molecule has 3 rings (SSSR count). The second-order valence-corrected chi connectivity index (χ2v) is 6.31. The van der Waals surface area contributed by atoms with Crippen LogP contribution in [0.25, 0.3) is 0 Å². The molecule has 0 spiro atoms. The molecule has 2 aliphatic rings. The Kier molecular flexibility index (Phi) is 4.13. The summed E-state index contributed by atoms with van der Waals surface area (Å²) in [6, 6.07) is 4.93. The number of urea groups is 2. The van der Waals surface area contributed by atoms with Gasteiger partial charge in [-0.25, -0.2) is 14.0 Å². The molecule has 2 heterocycles. The molecule has 24 heavy (non-hydrogen) atoms. The van der Waals surface area contributed by atoms with E-state index in [0.717, 1.165) is 0 Å². The molecule has 5 amide bonds. The molecule has 0 aromatic heterocycles. The number of likely N-dealkylation sites (tertiary alicyclic amines) is 1. The summed E-state index contributed by atoms with van der Waals surface area (Å²) in [7, 11) is 0. The maximum absolute atomic E-state index is 13.2. The lowest BCUT2D eigenvalue weighted by atomic mass is 9.79. The molecule has 1 aromatic carbocycles. The van der Waals surface area contributed by atoms with Gasteiger partial charge in [0.2, 0.25) is 0 Å². The Balaban J connectivity index is 1.58. The van der Waals surface area contributed by atoms with Crippen LogP contribution in [0.4, 0.5) is 19.7 Å². The number of rotatable bonds is 2. The minimum absolute atomic E-state index is 0.0397. The number of carbonyl (C=O) groups is 3. The molecule has 0 radical (unpaired) electrons. The van der Waals surface area contributed by atoms with Crippen LogP contribution in [0.1, 0.15) is 19.8 Å². The lowest BCUT2D eigenvalue weighted by Crippen LogP contribution is -2.54. The van der Waals surface area contributed by atoms with E-state index in [2.05, 4.69) is 16.0 Å². The average Bonchev–Trinajstić information content (AvgIpc) is 2.81. The van der Waals surface area contributed by atoms with Crippen LogP contribution in [0.5, 0.6) is 0 Å². The van der Waals surface area contributed by atoms with Crippen molar-refractivity contribution < 1.29 is 18.8 Å². The first kappa shape index (κ1) is 16.2. The van der Waals surface area contributed by atoms with E-state index in [1.807, 2.05) is 0 Å². The number of hydrogen-bond acceptors (Lipinski definition) is 3. The van der Waals surface area contributed by atoms with E-state index < -0.39 is 17.4 Å². The van der Waals surface area contributed by atoms with Gasteiger partial charge < -0.3 is 15.5 Å². The normalized spacial score (nSPS) is 24.5. The van der Waals surface area contributed by atoms with E-state index in [4.69, 9.17) is 0 Å². The van der Waals surface area contributed by atoms with Gasteiger partial charge in [-0.05, 0) is 43.9 Å². The third-order valence-electron chi connectivity index (χ3n) is 4.75. The molecule has 8 heteroatoms. The van der Waals surface area contributed by atoms with Crippen LogP contribution in [-0.4, -0.2) is 41.5 Å². The van der Waals surface area contributed by atoms with Crippen LogP contribution in [0, 0.1) is 11.7 Å². The summed E-state index contributed by atoms with van der Waals surface area (Å²) < 4.78 is 13.2. The Morgan fingerprint density at radius 2 is 2.04 bits per heavy atom. The first-order chi connectivity index (χ1) is 11.4. The van der Waals surface area contributed by atoms with Crippen LogP contribution in [0.3, 0.4) is 0 Å². The molecule has 3 N–H and O–H groups in total. The molecule has 128 valence electrons. The highest BCUT2D eigenvalue weighted by Gasteiger charge is 2.48. The zero-order chi connectivity index (χ0) is 17.3. The van der Waals surface area contributed by atoms with Gasteiger partial charge in [0.25, 0.3) is 5.91 Å². The van der Waals surface area contributed by atoms with Crippen molar-refractivity contribution in [3.63, 3.8) is 0 Å². The molecule has 0 unspecified atom stereocenters. The largest absolute Gasteiger partial charge is 0.325 e. The molecule has 0 bridgehead atoms. The van der Waals surface area contributed by atoms with Crippen molar-refractivity contribution >= 4 is 23.7 Å². The highest BCUT2D eigenvalue weighted by Crippen LogP contribution is 2.30. The predicted octanol–water partition coefficient (Wildman–Crippen LogP) is 1.67. The maximum Gasteiger partial charge on any atom is 0.322 e. The Bertz CT molecular complexity index is 688. The number of imide groups is 1. The molecule has 2 fully saturated rings. The smallest absolute Gasteiger partial charge is 0.322 e. The number of nitrogens with one attached hydrogen (secondary N) is 3. The van der Waals surface area contributed by atoms with Gasteiger partial charge in [0.05, 0.1) is 0 Å². The predicted molar refractivity (Wildman–Crippen MR) is 84.8 cm³/mol. The maximum atomic E-state index is 13.2. The lowest BCUT2D eigenvalue weighted by Gasteiger charge is -2.38. The number of halogens is 1. The minimum Gasteiger partial charge on any atom is -0.325 e. The second kappa shape index (κ2) is 6.10. The number of amides is 5. The third-order valence-corrected chi connectivity index (χ3v) is 4.75. The first-order valence-electron chi connectivity index (χ1n) is 7.83. The third kappa shape index (κ3) is 3.04. The Morgan fingerprint density at radius 1 is 1.33 bits per heavy atom. The van der Waals surface area contributed by atoms with Crippen molar-refractivity contribution in [3.8, 4) is 0 Å². The molecule has 1 aromatic rings. The molecule has 7 nitrogen and oxygen atoms in total. The van der Waals surface area contributed by atoms with Gasteiger partial charge in [0.15, 0.2) is 0 Å². The summed E-state index contributed by atoms with van der Waals surface area (Å²) in [4.78, 5) is 37.2. The van der Waals surface area contributed by atoms with Crippen molar-refractivity contribution in [1.29, 1.82) is 0 Å². The summed E-state index contributed by atoms with van der Waals surface area (Å²) in [5, 5.41) is 7.60. The fraction of sp³-hybridized carbons (Fsp3) is 0.438. The molecular weight excluding hydrogens is 315 g/mol. The van der Waals surface area contributed by atoms with Gasteiger partial charge in [0, 0.05) is 18.8 Å². The van der Waals surface area contributed by atoms with E-state index in [9.17, 15) is 18.8 Å². The van der Waals surface area contributed by atoms with E-state index in [-0.39, 0.29) is 17.9 Å². The monoisotopic (exact) mass is 334 g/mol. The van der Waals surface area contributed by atoms with Gasteiger partial charge in [-0.3, -0.25) is 10.1 Å². The Labute approximate surface area is 138 Å². The van der Waals surface area contributed by atoms with Gasteiger partial charge in [-0.2, -0.15) is 0 Å². The number of benzene rings is 1. The van der Waals surface area contributed by atoms with Crippen molar-refractivity contribution in [1.82, 2.24) is 15.5 Å². The fourth-order valence-corrected chi connectivity index (χ4v) is 3.27. The van der Waals surface area contributed by atoms with Crippen LogP contribution in [0.2, 0.25) is 0 Å². The molecule has 0 aliphatic carbocycles. The molecule has 2 aliphatic heterocycles. The number of nitrogens with zero attached hydrogens (tertiary/aromatic N) is 1. The Hall–Kier alpha value is -2.64. The van der Waals surface area contributed by atoms with Gasteiger partial charge in [-0.1, -0.05) is 6.07 Å². The summed E-state index contributed by atoms with van der Waals surface area (Å²) in [5.74, 6) is -0.778. The van der Waals surface area contributed by atoms with Crippen molar-refractivity contribution in [2.24, 2.45) is 5.92 Å². The van der Waals surface area contributed by atoms with Crippen molar-refractivity contribution in [3.05, 3.63) is 30.1 Å². The number of anilines is 1. The summed E-state index contributed by atoms with van der Waals surface area (Å²) in [6.45, 7) is 2.63. The van der Waals surface area contributed by atoms with Crippen molar-refractivity contribution in [2.75, 3.05) is 18.4 Å². The van der Waals surface area contributed by atoms with E-state index in [0.29, 0.717) is 31.6 Å². The number of hydrogen-bond donors (Lipinski definition) is 3. The summed E-state index contributed by atoms with van der Waals surface area (Å²) in [5.41, 5.74) is -0.529. The van der Waals surface area contributed by atoms with E-state index in [1.165, 1.54) is 18.2 Å². The molecule has 1 atom stereocenters. The van der Waals surface area contributed by atoms with Crippen molar-refractivity contribution in [2.45, 2.75) is 25.3 Å². The van der Waals surface area contributed by atoms with Gasteiger partial charge in [-0.15, -0.1) is 0 Å². The van der Waals surface area contributed by atoms with Crippen LogP contribution in [-0.2, 0) is 4.79 Å². The second-order valence-electron chi connectivity index (χ2n) is 6.31. The number of piperidine rings is 1. The quantitative estimate of drug-likeness (QED) is 0.719.